The third-order valence-electron chi connectivity index (χ3n) is 3.37. The first kappa shape index (κ1) is 16.7. The van der Waals surface area contributed by atoms with Crippen LogP contribution >= 0.6 is 0 Å². The Morgan fingerprint density at radius 3 is 1.89 bits per heavy atom. The average Bonchev–Trinajstić information content (AvgIpc) is 2.44. The first-order valence-electron chi connectivity index (χ1n) is 5.75. The Kier molecular flexibility index (Phi) is 5.62. The number of aliphatic hydroxyl groups is 8. The van der Waals surface area contributed by atoms with E-state index in [0.717, 1.165) is 0 Å². The lowest BCUT2D eigenvalue weighted by Gasteiger charge is -2.48. The van der Waals surface area contributed by atoms with Crippen LogP contribution in [0.4, 0.5) is 0 Å². The van der Waals surface area contributed by atoms with Crippen molar-refractivity contribution in [1.82, 2.24) is 0 Å². The Balaban J connectivity index is 2.99. The maximum atomic E-state index is 9.71. The van der Waals surface area contributed by atoms with E-state index in [9.17, 15) is 35.7 Å². The van der Waals surface area contributed by atoms with Crippen LogP contribution in [0.5, 0.6) is 0 Å². The van der Waals surface area contributed by atoms with Gasteiger partial charge in [0.15, 0.2) is 0 Å². The lowest BCUT2D eigenvalue weighted by atomic mass is 9.83. The number of aliphatic hydroxyl groups excluding tert-OH is 8. The molecule has 0 aromatic carbocycles. The second kappa shape index (κ2) is 6.39. The molecule has 1 aliphatic heterocycles. The molecule has 0 aromatic rings. The van der Waals surface area contributed by atoms with E-state index >= 15 is 0 Å². The minimum atomic E-state index is -1.99. The highest BCUT2D eigenvalue weighted by molar-refractivity contribution is 5.03. The Morgan fingerprint density at radius 1 is 0.947 bits per heavy atom. The van der Waals surface area contributed by atoms with Crippen LogP contribution in [-0.4, -0.2) is 103 Å². The number of hydrogen-bond donors (Lipinski definition) is 8. The zero-order chi connectivity index (χ0) is 14.8. The summed E-state index contributed by atoms with van der Waals surface area (Å²) in [5.74, 6) is 0. The van der Waals surface area contributed by atoms with Gasteiger partial charge in [-0.15, -0.1) is 0 Å². The summed E-state index contributed by atoms with van der Waals surface area (Å²) in [5.41, 5.74) is -1.99. The van der Waals surface area contributed by atoms with Crippen LogP contribution in [0.1, 0.15) is 0 Å². The van der Waals surface area contributed by atoms with Gasteiger partial charge >= 0.3 is 0 Å². The van der Waals surface area contributed by atoms with Gasteiger partial charge in [-0.25, -0.2) is 0 Å². The van der Waals surface area contributed by atoms with E-state index < -0.39 is 62.0 Å². The van der Waals surface area contributed by atoms with Crippen LogP contribution in [0.25, 0.3) is 0 Å². The van der Waals surface area contributed by atoms with E-state index in [0.29, 0.717) is 0 Å². The molecule has 0 aromatic heterocycles. The van der Waals surface area contributed by atoms with Crippen LogP contribution in [0.15, 0.2) is 0 Å². The fraction of sp³-hybridized carbons (Fsp3) is 1.00. The molecule has 8 N–H and O–H groups in total. The van der Waals surface area contributed by atoms with E-state index in [2.05, 4.69) is 0 Å². The summed E-state index contributed by atoms with van der Waals surface area (Å²) in [6, 6.07) is 0. The fourth-order valence-corrected chi connectivity index (χ4v) is 2.01. The molecule has 1 aliphatic rings. The highest BCUT2D eigenvalue weighted by Crippen LogP contribution is 2.31. The summed E-state index contributed by atoms with van der Waals surface area (Å²) < 4.78 is 5.07. The predicted molar refractivity (Wildman–Crippen MR) is 58.9 cm³/mol. The van der Waals surface area contributed by atoms with Crippen LogP contribution < -0.4 is 0 Å². The molecule has 19 heavy (non-hydrogen) atoms. The quantitative estimate of drug-likeness (QED) is 0.246. The number of hydrogen-bond acceptors (Lipinski definition) is 9. The smallest absolute Gasteiger partial charge is 0.143 e. The molecular formula is C10H20O9. The number of rotatable bonds is 5. The molecule has 1 saturated heterocycles. The molecule has 1 heterocycles. The summed E-state index contributed by atoms with van der Waals surface area (Å²) in [6.07, 6.45) is -10.4. The third kappa shape index (κ3) is 2.89. The normalized spacial score (nSPS) is 37.9. The fourth-order valence-electron chi connectivity index (χ4n) is 2.01. The Bertz CT molecular complexity index is 278. The van der Waals surface area contributed by atoms with Gasteiger partial charge in [0.25, 0.3) is 0 Å². The molecule has 6 atom stereocenters. The molecule has 0 saturated carbocycles. The largest absolute Gasteiger partial charge is 0.394 e. The first-order chi connectivity index (χ1) is 8.84. The topological polar surface area (TPSA) is 171 Å². The van der Waals surface area contributed by atoms with Gasteiger partial charge in [0.05, 0.1) is 19.8 Å². The second-order valence-corrected chi connectivity index (χ2v) is 4.63. The molecule has 9 heteroatoms. The molecule has 0 amide bonds. The summed E-state index contributed by atoms with van der Waals surface area (Å²) in [6.45, 7) is -2.59. The standard InChI is InChI=1S/C10H20O9/c11-1-4(14)5(15)8-6(16)7(17)9(18)10(2-12,3-13)19-8/h4-9,11-18H,1-3H2/t4?,5?,6-,7-,8?,9-/m1/s1. The van der Waals surface area contributed by atoms with Crippen LogP contribution in [0, 0.1) is 0 Å². The Morgan fingerprint density at radius 2 is 1.47 bits per heavy atom. The van der Waals surface area contributed by atoms with Gasteiger partial charge in [0.1, 0.15) is 42.2 Å². The van der Waals surface area contributed by atoms with Gasteiger partial charge in [-0.05, 0) is 0 Å². The van der Waals surface area contributed by atoms with Crippen molar-refractivity contribution < 1.29 is 45.6 Å². The zero-order valence-corrected chi connectivity index (χ0v) is 10.1. The SMILES string of the molecule is OCC(O)C(O)C1OC(CO)(CO)[C@H](O)[C@H](O)[C@H]1O. The summed E-state index contributed by atoms with van der Waals surface area (Å²) in [5, 5.41) is 75.1. The minimum Gasteiger partial charge on any atom is -0.394 e. The third-order valence-corrected chi connectivity index (χ3v) is 3.37. The van der Waals surface area contributed by atoms with Crippen molar-refractivity contribution in [2.24, 2.45) is 0 Å². The monoisotopic (exact) mass is 284 g/mol. The molecule has 1 rings (SSSR count). The molecule has 0 spiro atoms. The zero-order valence-electron chi connectivity index (χ0n) is 10.1. The lowest BCUT2D eigenvalue weighted by molar-refractivity contribution is -0.307. The minimum absolute atomic E-state index is 0.822. The highest BCUT2D eigenvalue weighted by Gasteiger charge is 2.55. The van der Waals surface area contributed by atoms with Crippen LogP contribution in [0.2, 0.25) is 0 Å². The molecule has 1 fully saturated rings. The predicted octanol–water partition coefficient (Wildman–Crippen LogP) is -5.09. The van der Waals surface area contributed by atoms with Crippen molar-refractivity contribution in [3.8, 4) is 0 Å². The van der Waals surface area contributed by atoms with Crippen molar-refractivity contribution >= 4 is 0 Å². The Hall–Kier alpha value is -0.360. The van der Waals surface area contributed by atoms with E-state index in [1.807, 2.05) is 0 Å². The van der Waals surface area contributed by atoms with Crippen molar-refractivity contribution in [3.63, 3.8) is 0 Å². The van der Waals surface area contributed by atoms with E-state index in [1.165, 1.54) is 0 Å². The molecular weight excluding hydrogens is 264 g/mol. The lowest BCUT2D eigenvalue weighted by Crippen LogP contribution is -2.70. The molecule has 114 valence electrons. The van der Waals surface area contributed by atoms with Crippen molar-refractivity contribution in [2.75, 3.05) is 19.8 Å². The van der Waals surface area contributed by atoms with Gasteiger partial charge in [-0.1, -0.05) is 0 Å². The van der Waals surface area contributed by atoms with Gasteiger partial charge < -0.3 is 45.6 Å². The van der Waals surface area contributed by atoms with Crippen LogP contribution in [-0.2, 0) is 4.74 Å². The van der Waals surface area contributed by atoms with Crippen LogP contribution in [0.3, 0.4) is 0 Å². The maximum absolute atomic E-state index is 9.71. The van der Waals surface area contributed by atoms with Gasteiger partial charge in [-0.2, -0.15) is 0 Å². The number of ether oxygens (including phenoxy) is 1. The molecule has 0 aliphatic carbocycles. The van der Waals surface area contributed by atoms with Gasteiger partial charge in [0, 0.05) is 0 Å². The van der Waals surface area contributed by atoms with Crippen molar-refractivity contribution in [2.45, 2.75) is 42.2 Å². The second-order valence-electron chi connectivity index (χ2n) is 4.63. The maximum Gasteiger partial charge on any atom is 0.143 e. The average molecular weight is 284 g/mol. The first-order valence-corrected chi connectivity index (χ1v) is 5.75. The summed E-state index contributed by atoms with van der Waals surface area (Å²) in [7, 11) is 0. The summed E-state index contributed by atoms with van der Waals surface area (Å²) >= 11 is 0. The highest BCUT2D eigenvalue weighted by atomic mass is 16.6. The Labute approximate surface area is 108 Å². The molecule has 0 radical (unpaired) electrons. The molecule has 0 bridgehead atoms. The van der Waals surface area contributed by atoms with E-state index in [4.69, 9.17) is 9.84 Å². The molecule has 3 unspecified atom stereocenters. The van der Waals surface area contributed by atoms with Gasteiger partial charge in [0.2, 0.25) is 0 Å². The van der Waals surface area contributed by atoms with E-state index in [-0.39, 0.29) is 0 Å². The molecule has 9 nitrogen and oxygen atoms in total. The van der Waals surface area contributed by atoms with Gasteiger partial charge in [-0.3, -0.25) is 0 Å². The van der Waals surface area contributed by atoms with Crippen molar-refractivity contribution in [1.29, 1.82) is 0 Å². The van der Waals surface area contributed by atoms with Crippen molar-refractivity contribution in [3.05, 3.63) is 0 Å². The summed E-state index contributed by atoms with van der Waals surface area (Å²) in [4.78, 5) is 0. The van der Waals surface area contributed by atoms with E-state index in [1.54, 1.807) is 0 Å².